The van der Waals surface area contributed by atoms with Gasteiger partial charge in [0, 0.05) is 68.7 Å². The van der Waals surface area contributed by atoms with Gasteiger partial charge in [0.25, 0.3) is 0 Å². The summed E-state index contributed by atoms with van der Waals surface area (Å²) in [6.45, 7) is 9.37. The van der Waals surface area contributed by atoms with E-state index in [4.69, 9.17) is 16.6 Å². The van der Waals surface area contributed by atoms with Gasteiger partial charge in [-0.2, -0.15) is 0 Å². The number of halogens is 1. The molecule has 0 saturated carbocycles. The van der Waals surface area contributed by atoms with Crippen LogP contribution >= 0.6 is 11.6 Å². The number of pyridine rings is 1. The van der Waals surface area contributed by atoms with Crippen molar-refractivity contribution >= 4 is 17.8 Å². The maximum atomic E-state index is 6.48. The van der Waals surface area contributed by atoms with Gasteiger partial charge < -0.3 is 4.90 Å². The summed E-state index contributed by atoms with van der Waals surface area (Å²) in [5, 5.41) is 0.929. The molecule has 1 aliphatic heterocycles. The van der Waals surface area contributed by atoms with Crippen LogP contribution in [0.25, 0.3) is 0 Å². The molecule has 0 radical (unpaired) electrons. The molecule has 5 heteroatoms. The molecule has 2 heterocycles. The van der Waals surface area contributed by atoms with E-state index in [1.807, 2.05) is 19.3 Å². The molecule has 2 aliphatic carbocycles. The fourth-order valence-electron chi connectivity index (χ4n) is 4.88. The van der Waals surface area contributed by atoms with E-state index in [2.05, 4.69) is 58.2 Å². The Kier molecular flexibility index (Phi) is 7.54. The molecule has 4 rings (SSSR count). The summed E-state index contributed by atoms with van der Waals surface area (Å²) in [5.74, 6) is 0. The van der Waals surface area contributed by atoms with Crippen LogP contribution in [0.4, 0.5) is 0 Å². The van der Waals surface area contributed by atoms with Crippen LogP contribution in [-0.4, -0.2) is 53.7 Å². The van der Waals surface area contributed by atoms with E-state index in [9.17, 15) is 0 Å². The summed E-state index contributed by atoms with van der Waals surface area (Å²) < 4.78 is 0. The van der Waals surface area contributed by atoms with Crippen molar-refractivity contribution < 1.29 is 0 Å². The minimum absolute atomic E-state index is 0.210. The van der Waals surface area contributed by atoms with Gasteiger partial charge in [0.15, 0.2) is 0 Å². The molecule has 1 unspecified atom stereocenters. The number of allylic oxidation sites excluding steroid dienone is 5. The van der Waals surface area contributed by atoms with Crippen molar-refractivity contribution in [1.82, 2.24) is 14.8 Å². The predicted octanol–water partition coefficient (Wildman–Crippen LogP) is 5.45. The predicted molar refractivity (Wildman–Crippen MR) is 131 cm³/mol. The summed E-state index contributed by atoms with van der Waals surface area (Å²) in [6, 6.07) is 4.53. The van der Waals surface area contributed by atoms with Crippen LogP contribution in [0.2, 0.25) is 0 Å². The van der Waals surface area contributed by atoms with Gasteiger partial charge in [0.1, 0.15) is 0 Å². The zero-order valence-electron chi connectivity index (χ0n) is 18.7. The molecule has 1 fully saturated rings. The van der Waals surface area contributed by atoms with Crippen LogP contribution in [-0.2, 0) is 6.42 Å². The second kappa shape index (κ2) is 10.5. The molecule has 1 saturated heterocycles. The molecule has 0 amide bonds. The molecular weight excluding hydrogens is 404 g/mol. The highest BCUT2D eigenvalue weighted by atomic mass is 35.5. The number of rotatable bonds is 5. The fourth-order valence-corrected chi connectivity index (χ4v) is 5.10. The summed E-state index contributed by atoms with van der Waals surface area (Å²) in [7, 11) is 0. The zero-order valence-corrected chi connectivity index (χ0v) is 19.5. The minimum Gasteiger partial charge on any atom is -0.300 e. The highest BCUT2D eigenvalue weighted by molar-refractivity contribution is 6.29. The minimum atomic E-state index is 0.210. The van der Waals surface area contributed by atoms with Crippen LogP contribution in [0.1, 0.15) is 50.4 Å². The van der Waals surface area contributed by atoms with E-state index >= 15 is 0 Å². The average molecular weight is 437 g/mol. The first-order valence-electron chi connectivity index (χ1n) is 11.5. The van der Waals surface area contributed by atoms with Crippen molar-refractivity contribution in [3.05, 3.63) is 75.8 Å². The monoisotopic (exact) mass is 436 g/mol. The van der Waals surface area contributed by atoms with Gasteiger partial charge in [-0.15, -0.1) is 0 Å². The van der Waals surface area contributed by atoms with E-state index in [0.29, 0.717) is 0 Å². The Labute approximate surface area is 191 Å². The number of aromatic nitrogens is 1. The summed E-state index contributed by atoms with van der Waals surface area (Å²) in [4.78, 5) is 14.5. The Balaban J connectivity index is 1.54. The SMILES string of the molecule is CC=N/C(=C\C)CCN1CCN(C2C3=C(C=C(Cl)CC=C3)CCc3cccnc32)CC1. The molecule has 3 aliphatic rings. The molecule has 31 heavy (non-hydrogen) atoms. The lowest BCUT2D eigenvalue weighted by Crippen LogP contribution is -2.48. The fraction of sp³-hybridized carbons (Fsp3) is 0.462. The lowest BCUT2D eigenvalue weighted by atomic mass is 9.95. The van der Waals surface area contributed by atoms with Gasteiger partial charge in [-0.05, 0) is 55.5 Å². The lowest BCUT2D eigenvalue weighted by molar-refractivity contribution is 0.108. The maximum Gasteiger partial charge on any atom is 0.0782 e. The average Bonchev–Trinajstić information content (AvgIpc) is 3.06. The van der Waals surface area contributed by atoms with E-state index < -0.39 is 0 Å². The molecule has 0 bridgehead atoms. The molecule has 4 nitrogen and oxygen atoms in total. The van der Waals surface area contributed by atoms with Crippen LogP contribution in [0.15, 0.2) is 69.5 Å². The lowest BCUT2D eigenvalue weighted by Gasteiger charge is -2.40. The van der Waals surface area contributed by atoms with Gasteiger partial charge in [-0.3, -0.25) is 14.9 Å². The van der Waals surface area contributed by atoms with Gasteiger partial charge in [-0.1, -0.05) is 35.9 Å². The number of aliphatic imine (C=N–C) groups is 1. The third-order valence-electron chi connectivity index (χ3n) is 6.54. The van der Waals surface area contributed by atoms with Crippen LogP contribution in [0, 0.1) is 0 Å². The van der Waals surface area contributed by atoms with Gasteiger partial charge in [0.2, 0.25) is 0 Å². The number of hydrogen-bond acceptors (Lipinski definition) is 4. The Morgan fingerprint density at radius 2 is 2.06 bits per heavy atom. The number of fused-ring (bicyclic) bond motifs is 1. The van der Waals surface area contributed by atoms with Gasteiger partial charge in [-0.25, -0.2) is 0 Å². The molecule has 1 aromatic heterocycles. The van der Waals surface area contributed by atoms with Crippen molar-refractivity contribution in [2.75, 3.05) is 32.7 Å². The zero-order chi connectivity index (χ0) is 21.6. The molecule has 0 N–H and O–H groups in total. The number of piperazine rings is 1. The largest absolute Gasteiger partial charge is 0.300 e. The number of hydrogen-bond donors (Lipinski definition) is 0. The third-order valence-corrected chi connectivity index (χ3v) is 6.80. The van der Waals surface area contributed by atoms with E-state index in [-0.39, 0.29) is 6.04 Å². The smallest absolute Gasteiger partial charge is 0.0782 e. The highest BCUT2D eigenvalue weighted by Crippen LogP contribution is 2.39. The second-order valence-corrected chi connectivity index (χ2v) is 8.91. The first-order valence-corrected chi connectivity index (χ1v) is 11.9. The van der Waals surface area contributed by atoms with Gasteiger partial charge >= 0.3 is 0 Å². The molecule has 0 spiro atoms. The molecular formula is C26H33ClN4. The van der Waals surface area contributed by atoms with E-state index in [1.54, 1.807) is 0 Å². The standard InChI is InChI=1S/C26H33ClN4/c1-3-23(28-4-2)12-14-30-15-17-31(18-16-30)26-24-9-5-8-22(27)19-21(24)11-10-20-7-6-13-29-25(20)26/h3-7,9,13,19,26H,8,10-12,14-18H2,1-2H3/b23-3-,28-4?. The normalized spacial score (nSPS) is 23.4. The molecule has 1 atom stereocenters. The summed E-state index contributed by atoms with van der Waals surface area (Å²) in [5.41, 5.74) is 6.53. The third kappa shape index (κ3) is 5.25. The maximum absolute atomic E-state index is 6.48. The summed E-state index contributed by atoms with van der Waals surface area (Å²) >= 11 is 6.48. The molecule has 164 valence electrons. The van der Waals surface area contributed by atoms with Crippen molar-refractivity contribution in [2.45, 2.75) is 45.6 Å². The van der Waals surface area contributed by atoms with Crippen LogP contribution < -0.4 is 0 Å². The Hall–Kier alpha value is -2.01. The van der Waals surface area contributed by atoms with Gasteiger partial charge in [0.05, 0.1) is 11.7 Å². The highest BCUT2D eigenvalue weighted by Gasteiger charge is 2.32. The first kappa shape index (κ1) is 22.2. The van der Waals surface area contributed by atoms with Crippen molar-refractivity contribution in [2.24, 2.45) is 4.99 Å². The van der Waals surface area contributed by atoms with Crippen molar-refractivity contribution in [3.63, 3.8) is 0 Å². The van der Waals surface area contributed by atoms with Crippen molar-refractivity contribution in [1.29, 1.82) is 0 Å². The topological polar surface area (TPSA) is 31.7 Å². The second-order valence-electron chi connectivity index (χ2n) is 8.42. The van der Waals surface area contributed by atoms with E-state index in [1.165, 1.54) is 28.1 Å². The molecule has 0 aromatic carbocycles. The van der Waals surface area contributed by atoms with Crippen LogP contribution in [0.3, 0.4) is 0 Å². The summed E-state index contributed by atoms with van der Waals surface area (Å²) in [6.07, 6.45) is 16.6. The number of nitrogens with zero attached hydrogens (tertiary/aromatic N) is 4. The number of aryl methyl sites for hydroxylation is 1. The first-order chi connectivity index (χ1) is 15.2. The Bertz CT molecular complexity index is 932. The van der Waals surface area contributed by atoms with Crippen LogP contribution in [0.5, 0.6) is 0 Å². The quantitative estimate of drug-likeness (QED) is 0.575. The molecule has 1 aromatic rings. The van der Waals surface area contributed by atoms with Crippen molar-refractivity contribution in [3.8, 4) is 0 Å². The Morgan fingerprint density at radius 3 is 2.84 bits per heavy atom. The van der Waals surface area contributed by atoms with E-state index in [0.717, 1.165) is 63.4 Å². The Morgan fingerprint density at radius 1 is 1.23 bits per heavy atom.